The fourth-order valence-corrected chi connectivity index (χ4v) is 11.5. The molecule has 2 saturated carbocycles. The number of carbonyl (C=O) groups excluding carboxylic acids is 4. The van der Waals surface area contributed by atoms with Gasteiger partial charge in [-0.15, -0.1) is 29.3 Å². The van der Waals surface area contributed by atoms with Crippen LogP contribution >= 0.6 is 22.7 Å². The third-order valence-corrected chi connectivity index (χ3v) is 16.7. The van der Waals surface area contributed by atoms with E-state index in [1.54, 1.807) is 29.2 Å². The number of Topliss-reactive ketones (excluding diaryl/α,β-unsaturated/α-hetero) is 2. The lowest BCUT2D eigenvalue weighted by Gasteiger charge is -2.33. The van der Waals surface area contributed by atoms with Gasteiger partial charge in [-0.1, -0.05) is 51.5 Å². The predicted molar refractivity (Wildman–Crippen MR) is 260 cm³/mol. The Morgan fingerprint density at radius 2 is 1.60 bits per heavy atom. The van der Waals surface area contributed by atoms with Crippen LogP contribution < -0.4 is 19.3 Å². The van der Waals surface area contributed by atoms with Gasteiger partial charge in [-0.3, -0.25) is 23.9 Å². The molecule has 1 aromatic carbocycles. The fourth-order valence-electron chi connectivity index (χ4n) is 8.17. The first kappa shape index (κ1) is 49.7. The maximum atomic E-state index is 14.3. The van der Waals surface area contributed by atoms with Crippen LogP contribution in [0.3, 0.4) is 0 Å². The Kier molecular flexibility index (Phi) is 15.3. The van der Waals surface area contributed by atoms with Crippen molar-refractivity contribution in [1.82, 2.24) is 24.6 Å². The van der Waals surface area contributed by atoms with Gasteiger partial charge in [-0.05, 0) is 82.7 Å². The smallest absolute Gasteiger partial charge is 0.240 e. The first-order chi connectivity index (χ1) is 30.7. The molecule has 0 spiro atoms. The van der Waals surface area contributed by atoms with Crippen LogP contribution in [0.2, 0.25) is 0 Å². The summed E-state index contributed by atoms with van der Waals surface area (Å²) in [7, 11) is -3.80. The number of ether oxygens (including phenoxy) is 1. The van der Waals surface area contributed by atoms with Crippen molar-refractivity contribution >= 4 is 77.1 Å². The monoisotopic (exact) mass is 947 g/mol. The Labute approximate surface area is 392 Å². The van der Waals surface area contributed by atoms with E-state index in [-0.39, 0.29) is 48.2 Å². The number of thiazole rings is 2. The molecule has 1 saturated heterocycles. The Morgan fingerprint density at radius 1 is 0.969 bits per heavy atom. The van der Waals surface area contributed by atoms with E-state index in [1.165, 1.54) is 11.3 Å². The molecule has 17 heteroatoms. The number of amides is 2. The molecule has 5 atom stereocenters. The van der Waals surface area contributed by atoms with Gasteiger partial charge in [0.1, 0.15) is 17.5 Å². The Balaban J connectivity index is 0.000000463. The number of pyridine rings is 1. The topological polar surface area (TPSA) is 172 Å². The molecular weight excluding hydrogens is 883 g/mol. The number of sulfonamides is 1. The number of carbonyl (C=O) groups is 4. The molecule has 3 aromatic heterocycles. The number of hydrogen-bond acceptors (Lipinski definition) is 14. The fraction of sp³-hybridized carbons (Fsp3) is 0.562. The molecule has 7 rings (SSSR count). The molecule has 4 aromatic rings. The average Bonchev–Trinajstić information content (AvgIpc) is 4.05. The number of nitrogens with zero attached hydrogens (tertiary/aromatic N) is 6. The summed E-state index contributed by atoms with van der Waals surface area (Å²) in [6, 6.07) is 7.20. The molecule has 1 aliphatic heterocycles. The second-order valence-electron chi connectivity index (χ2n) is 18.6. The summed E-state index contributed by atoms with van der Waals surface area (Å²) in [5.41, 5.74) is 1.48. The third-order valence-electron chi connectivity index (χ3n) is 13.1. The highest BCUT2D eigenvalue weighted by atomic mass is 32.2. The van der Waals surface area contributed by atoms with Crippen molar-refractivity contribution < 1.29 is 32.3 Å². The van der Waals surface area contributed by atoms with Crippen LogP contribution in [0, 0.1) is 29.6 Å². The van der Waals surface area contributed by atoms with Crippen molar-refractivity contribution in [2.75, 3.05) is 42.5 Å². The number of ketones is 2. The summed E-state index contributed by atoms with van der Waals surface area (Å²) < 4.78 is 34.3. The molecular formula is C48H65N7O7S3. The van der Waals surface area contributed by atoms with Crippen LogP contribution in [0.4, 0.5) is 10.3 Å². The SMILES string of the molecule is C=CC1C[C@]1(CC(=O)[C@@H]1C[C@@H](Oc2nc(-c3csc(N(CC)CC)n3)cc3cc(C)ccc23)CN1C(=O)[C@@H](C)C(C)(C)C)C(=O)NS(=O)(=O)C1CC1.CCN(CC)c1nc(C(C)=O)cs1. The molecule has 65 heavy (non-hydrogen) atoms. The molecule has 0 radical (unpaired) electrons. The number of nitrogens with one attached hydrogen (secondary N) is 1. The second kappa shape index (κ2) is 20.0. The quantitative estimate of drug-likeness (QED) is 0.0746. The summed E-state index contributed by atoms with van der Waals surface area (Å²) >= 11 is 3.09. The van der Waals surface area contributed by atoms with Crippen LogP contribution in [0.15, 0.2) is 47.7 Å². The van der Waals surface area contributed by atoms with Gasteiger partial charge in [-0.25, -0.2) is 23.4 Å². The molecule has 4 heterocycles. The highest BCUT2D eigenvalue weighted by Gasteiger charge is 2.61. The van der Waals surface area contributed by atoms with E-state index in [9.17, 15) is 27.6 Å². The van der Waals surface area contributed by atoms with Crippen molar-refractivity contribution in [3.63, 3.8) is 0 Å². The highest BCUT2D eigenvalue weighted by molar-refractivity contribution is 7.90. The number of aryl methyl sites for hydroxylation is 1. The van der Waals surface area contributed by atoms with Crippen molar-refractivity contribution in [1.29, 1.82) is 0 Å². The van der Waals surface area contributed by atoms with Crippen LogP contribution in [-0.2, 0) is 24.4 Å². The number of benzene rings is 1. The number of allylic oxidation sites excluding steroid dienone is 1. The van der Waals surface area contributed by atoms with E-state index < -0.39 is 44.7 Å². The second-order valence-corrected chi connectivity index (χ2v) is 22.2. The van der Waals surface area contributed by atoms with Gasteiger partial charge in [0, 0.05) is 68.0 Å². The minimum atomic E-state index is -3.80. The Bertz CT molecular complexity index is 2520. The van der Waals surface area contributed by atoms with Gasteiger partial charge < -0.3 is 19.4 Å². The lowest BCUT2D eigenvalue weighted by atomic mass is 9.81. The molecule has 352 valence electrons. The lowest BCUT2D eigenvalue weighted by Crippen LogP contribution is -2.47. The van der Waals surface area contributed by atoms with Crippen molar-refractivity contribution in [2.24, 2.45) is 22.7 Å². The zero-order valence-corrected chi connectivity index (χ0v) is 41.9. The summed E-state index contributed by atoms with van der Waals surface area (Å²) in [5, 5.41) is 6.84. The summed E-state index contributed by atoms with van der Waals surface area (Å²) in [5.74, 6) is -1.44. The van der Waals surface area contributed by atoms with Gasteiger partial charge in [0.25, 0.3) is 0 Å². The molecule has 3 aliphatic rings. The minimum Gasteiger partial charge on any atom is -0.472 e. The summed E-state index contributed by atoms with van der Waals surface area (Å²) in [4.78, 5) is 73.0. The number of fused-ring (bicyclic) bond motifs is 1. The van der Waals surface area contributed by atoms with Gasteiger partial charge in [-0.2, -0.15) is 0 Å². The van der Waals surface area contributed by atoms with Crippen LogP contribution in [0.5, 0.6) is 5.88 Å². The number of hydrogen-bond donors (Lipinski definition) is 1. The summed E-state index contributed by atoms with van der Waals surface area (Å²) in [6.45, 7) is 27.3. The molecule has 2 amide bonds. The highest BCUT2D eigenvalue weighted by Crippen LogP contribution is 2.57. The molecule has 1 unspecified atom stereocenters. The van der Waals surface area contributed by atoms with E-state index in [2.05, 4.69) is 59.8 Å². The molecule has 3 fully saturated rings. The Morgan fingerprint density at radius 3 is 2.15 bits per heavy atom. The van der Waals surface area contributed by atoms with Crippen LogP contribution in [0.1, 0.15) is 110 Å². The molecule has 1 N–H and O–H groups in total. The molecule has 14 nitrogen and oxygen atoms in total. The Hall–Kier alpha value is -4.74. The number of rotatable bonds is 18. The number of likely N-dealkylation sites (tertiary alicyclic amines) is 1. The maximum absolute atomic E-state index is 14.3. The largest absolute Gasteiger partial charge is 0.472 e. The first-order valence-electron chi connectivity index (χ1n) is 22.7. The molecule has 2 aliphatic carbocycles. The third kappa shape index (κ3) is 11.1. The van der Waals surface area contributed by atoms with E-state index in [0.29, 0.717) is 36.5 Å². The lowest BCUT2D eigenvalue weighted by molar-refractivity contribution is -0.144. The van der Waals surface area contributed by atoms with Crippen molar-refractivity contribution in [3.05, 3.63) is 58.9 Å². The summed E-state index contributed by atoms with van der Waals surface area (Å²) in [6.07, 6.45) is 2.41. The number of aromatic nitrogens is 3. The van der Waals surface area contributed by atoms with Crippen molar-refractivity contribution in [3.8, 4) is 17.3 Å². The predicted octanol–water partition coefficient (Wildman–Crippen LogP) is 8.50. The van der Waals surface area contributed by atoms with Gasteiger partial charge in [0.05, 0.1) is 28.9 Å². The zero-order valence-electron chi connectivity index (χ0n) is 39.5. The van der Waals surface area contributed by atoms with E-state index in [0.717, 1.165) is 58.5 Å². The maximum Gasteiger partial charge on any atom is 0.240 e. The van der Waals surface area contributed by atoms with Gasteiger partial charge >= 0.3 is 0 Å². The van der Waals surface area contributed by atoms with E-state index in [1.807, 2.05) is 63.6 Å². The average molecular weight is 948 g/mol. The standard InChI is InChI=1S/C39H51N5O6S2.C9H14N2OS/c1-9-26-19-39(26,36(47)42-52(48,49)28-13-14-28)20-33(45)32-18-27(21-44(32)35(46)24(5)38(6,7)8)50-34-29-15-12-23(4)16-25(29)17-30(40-34)31-22-51-37(41-31)43(10-2)11-3;1-4-11(5-2)9-10-8(6-13-9)7(3)12/h9,12,15-17,22,24,26-28,32H,1,10-11,13-14,18-21H2,2-8H3,(H,42,47);6H,4-5H2,1-3H3/t24-,26?,27-,32+,39-;/m1./s1. The van der Waals surface area contributed by atoms with Crippen molar-refractivity contribution in [2.45, 2.75) is 119 Å². The zero-order chi connectivity index (χ0) is 47.6. The van der Waals surface area contributed by atoms with Crippen LogP contribution in [0.25, 0.3) is 22.2 Å². The van der Waals surface area contributed by atoms with E-state index in [4.69, 9.17) is 14.7 Å². The minimum absolute atomic E-state index is 0.0367. The number of anilines is 2. The van der Waals surface area contributed by atoms with Gasteiger partial charge in [0.2, 0.25) is 27.7 Å². The van der Waals surface area contributed by atoms with E-state index >= 15 is 0 Å². The van der Waals surface area contributed by atoms with Gasteiger partial charge in [0.15, 0.2) is 21.8 Å². The molecule has 0 bridgehead atoms. The van der Waals surface area contributed by atoms with Crippen LogP contribution in [-0.4, -0.2) is 102 Å². The normalized spacial score (nSPS) is 21.0. The first-order valence-corrected chi connectivity index (χ1v) is 26.0.